The molecule has 3 rings (SSSR count). The zero-order chi connectivity index (χ0) is 22.4. The van der Waals surface area contributed by atoms with Crippen LogP contribution in [0, 0.1) is 5.82 Å². The molecule has 0 aliphatic heterocycles. The van der Waals surface area contributed by atoms with Gasteiger partial charge in [0.05, 0.1) is 25.0 Å². The summed E-state index contributed by atoms with van der Waals surface area (Å²) in [5.41, 5.74) is 1.86. The SMILES string of the molecule is O=C(Nc1cnn(Cc2ccc(F)cc2)c1)c1cccc(COCC(F)(F)C(F)F)c1. The minimum Gasteiger partial charge on any atom is -0.370 e. The molecule has 5 nitrogen and oxygen atoms in total. The molecule has 1 aromatic heterocycles. The zero-order valence-corrected chi connectivity index (χ0v) is 16.1. The average molecular weight is 439 g/mol. The minimum absolute atomic E-state index is 0.230. The third-order valence-electron chi connectivity index (χ3n) is 4.22. The fraction of sp³-hybridized carbons (Fsp3) is 0.238. The molecule has 2 aromatic carbocycles. The van der Waals surface area contributed by atoms with Crippen LogP contribution in [0.3, 0.4) is 0 Å². The van der Waals surface area contributed by atoms with Crippen LogP contribution in [0.25, 0.3) is 0 Å². The second-order valence-electron chi connectivity index (χ2n) is 6.76. The van der Waals surface area contributed by atoms with Crippen molar-refractivity contribution in [3.63, 3.8) is 0 Å². The molecule has 164 valence electrons. The topological polar surface area (TPSA) is 56.2 Å². The largest absolute Gasteiger partial charge is 0.370 e. The van der Waals surface area contributed by atoms with Crippen LogP contribution in [0.1, 0.15) is 21.5 Å². The van der Waals surface area contributed by atoms with Crippen molar-refractivity contribution in [2.45, 2.75) is 25.5 Å². The maximum Gasteiger partial charge on any atom is 0.330 e. The van der Waals surface area contributed by atoms with Crippen molar-refractivity contribution in [1.82, 2.24) is 9.78 Å². The van der Waals surface area contributed by atoms with Crippen molar-refractivity contribution in [3.8, 4) is 0 Å². The number of carbonyl (C=O) groups excluding carboxylic acids is 1. The predicted molar refractivity (Wildman–Crippen MR) is 103 cm³/mol. The number of hydrogen-bond donors (Lipinski definition) is 1. The fourth-order valence-electron chi connectivity index (χ4n) is 2.67. The quantitative estimate of drug-likeness (QED) is 0.490. The van der Waals surface area contributed by atoms with Crippen molar-refractivity contribution < 1.29 is 31.5 Å². The Balaban J connectivity index is 1.56. The van der Waals surface area contributed by atoms with Crippen LogP contribution in [0.4, 0.5) is 27.6 Å². The van der Waals surface area contributed by atoms with Crippen molar-refractivity contribution >= 4 is 11.6 Å². The highest BCUT2D eigenvalue weighted by atomic mass is 19.3. The number of carbonyl (C=O) groups is 1. The molecule has 0 aliphatic carbocycles. The van der Waals surface area contributed by atoms with Gasteiger partial charge in [-0.15, -0.1) is 0 Å². The molecule has 0 saturated heterocycles. The van der Waals surface area contributed by atoms with Crippen LogP contribution in [-0.4, -0.2) is 34.6 Å². The normalized spacial score (nSPS) is 11.7. The predicted octanol–water partition coefficient (Wildman–Crippen LogP) is 4.74. The van der Waals surface area contributed by atoms with Gasteiger partial charge in [-0.3, -0.25) is 9.48 Å². The highest BCUT2D eigenvalue weighted by Crippen LogP contribution is 2.23. The van der Waals surface area contributed by atoms with Gasteiger partial charge in [-0.05, 0) is 35.4 Å². The number of rotatable bonds is 9. The first-order valence-electron chi connectivity index (χ1n) is 9.14. The van der Waals surface area contributed by atoms with E-state index in [1.807, 2.05) is 0 Å². The first-order chi connectivity index (χ1) is 14.7. The summed E-state index contributed by atoms with van der Waals surface area (Å²) in [7, 11) is 0. The Morgan fingerprint density at radius 1 is 1.13 bits per heavy atom. The number of alkyl halides is 4. The van der Waals surface area contributed by atoms with Gasteiger partial charge in [0.15, 0.2) is 0 Å². The molecule has 0 saturated carbocycles. The second kappa shape index (κ2) is 9.69. The molecule has 31 heavy (non-hydrogen) atoms. The molecular weight excluding hydrogens is 421 g/mol. The molecule has 1 amide bonds. The molecule has 0 bridgehead atoms. The molecule has 0 atom stereocenters. The number of benzene rings is 2. The number of hydrogen-bond acceptors (Lipinski definition) is 3. The Bertz CT molecular complexity index is 1020. The summed E-state index contributed by atoms with van der Waals surface area (Å²) in [6, 6.07) is 11.9. The number of nitrogens with zero attached hydrogens (tertiary/aromatic N) is 2. The lowest BCUT2D eigenvalue weighted by atomic mass is 10.1. The zero-order valence-electron chi connectivity index (χ0n) is 16.1. The van der Waals surface area contributed by atoms with Crippen molar-refractivity contribution in [3.05, 3.63) is 83.4 Å². The second-order valence-corrected chi connectivity index (χ2v) is 6.76. The van der Waals surface area contributed by atoms with E-state index in [-0.39, 0.29) is 18.0 Å². The molecule has 1 heterocycles. The summed E-state index contributed by atoms with van der Waals surface area (Å²) in [4.78, 5) is 12.4. The van der Waals surface area contributed by atoms with Gasteiger partial charge >= 0.3 is 12.3 Å². The summed E-state index contributed by atoms with van der Waals surface area (Å²) in [6.45, 7) is -1.39. The van der Waals surface area contributed by atoms with Gasteiger partial charge in [-0.2, -0.15) is 13.9 Å². The first kappa shape index (κ1) is 22.4. The number of aromatic nitrogens is 2. The summed E-state index contributed by atoms with van der Waals surface area (Å²) < 4.78 is 69.3. The Labute approximate surface area is 174 Å². The van der Waals surface area contributed by atoms with Crippen LogP contribution in [-0.2, 0) is 17.9 Å². The van der Waals surface area contributed by atoms with E-state index in [2.05, 4.69) is 15.2 Å². The number of ether oxygens (including phenoxy) is 1. The maximum absolute atomic E-state index is 13.0. The van der Waals surface area contributed by atoms with Crippen molar-refractivity contribution in [2.24, 2.45) is 0 Å². The smallest absolute Gasteiger partial charge is 0.330 e. The van der Waals surface area contributed by atoms with E-state index in [0.717, 1.165) is 5.56 Å². The van der Waals surface area contributed by atoms with E-state index in [9.17, 15) is 26.7 Å². The Morgan fingerprint density at radius 2 is 1.87 bits per heavy atom. The lowest BCUT2D eigenvalue weighted by Gasteiger charge is -2.15. The van der Waals surface area contributed by atoms with Gasteiger partial charge in [0.2, 0.25) is 0 Å². The average Bonchev–Trinajstić information content (AvgIpc) is 3.16. The van der Waals surface area contributed by atoms with E-state index in [4.69, 9.17) is 0 Å². The van der Waals surface area contributed by atoms with Gasteiger partial charge in [-0.25, -0.2) is 13.2 Å². The molecule has 0 fully saturated rings. The summed E-state index contributed by atoms with van der Waals surface area (Å²) in [6.07, 6.45) is -0.768. The van der Waals surface area contributed by atoms with Crippen LogP contribution in [0.5, 0.6) is 0 Å². The molecule has 3 aromatic rings. The van der Waals surface area contributed by atoms with Crippen LogP contribution >= 0.6 is 0 Å². The van der Waals surface area contributed by atoms with Crippen molar-refractivity contribution in [1.29, 1.82) is 0 Å². The highest BCUT2D eigenvalue weighted by Gasteiger charge is 2.40. The van der Waals surface area contributed by atoms with E-state index < -0.39 is 24.9 Å². The Hall–Kier alpha value is -3.27. The molecule has 0 unspecified atom stereocenters. The molecular formula is C21H18F5N3O2. The lowest BCUT2D eigenvalue weighted by Crippen LogP contribution is -2.32. The third-order valence-corrected chi connectivity index (χ3v) is 4.22. The van der Waals surface area contributed by atoms with Gasteiger partial charge < -0.3 is 10.1 Å². The molecule has 0 aliphatic rings. The summed E-state index contributed by atoms with van der Waals surface area (Å²) in [5.74, 6) is -5.04. The number of halogens is 5. The Kier molecular flexibility index (Phi) is 7.01. The minimum atomic E-state index is -4.23. The van der Waals surface area contributed by atoms with Gasteiger partial charge in [0.1, 0.15) is 12.4 Å². The highest BCUT2D eigenvalue weighted by molar-refractivity contribution is 6.04. The first-order valence-corrected chi connectivity index (χ1v) is 9.14. The number of anilines is 1. The third kappa shape index (κ3) is 6.35. The summed E-state index contributed by atoms with van der Waals surface area (Å²) in [5, 5.41) is 6.79. The van der Waals surface area contributed by atoms with E-state index in [1.165, 1.54) is 42.6 Å². The molecule has 0 spiro atoms. The van der Waals surface area contributed by atoms with Gasteiger partial charge in [-0.1, -0.05) is 24.3 Å². The van der Waals surface area contributed by atoms with E-state index in [0.29, 0.717) is 17.8 Å². The molecule has 10 heteroatoms. The number of nitrogens with one attached hydrogen (secondary N) is 1. The van der Waals surface area contributed by atoms with Crippen LogP contribution < -0.4 is 5.32 Å². The van der Waals surface area contributed by atoms with Crippen molar-refractivity contribution in [2.75, 3.05) is 11.9 Å². The fourth-order valence-corrected chi connectivity index (χ4v) is 2.67. The molecule has 1 N–H and O–H groups in total. The Morgan fingerprint density at radius 3 is 2.58 bits per heavy atom. The van der Waals surface area contributed by atoms with Gasteiger partial charge in [0.25, 0.3) is 5.91 Å². The van der Waals surface area contributed by atoms with Crippen LogP contribution in [0.15, 0.2) is 60.9 Å². The summed E-state index contributed by atoms with van der Waals surface area (Å²) >= 11 is 0. The maximum atomic E-state index is 13.0. The lowest BCUT2D eigenvalue weighted by molar-refractivity contribution is -0.168. The monoisotopic (exact) mass is 439 g/mol. The number of amides is 1. The molecule has 0 radical (unpaired) electrons. The van der Waals surface area contributed by atoms with Gasteiger partial charge in [0, 0.05) is 11.8 Å². The van der Waals surface area contributed by atoms with Crippen LogP contribution in [0.2, 0.25) is 0 Å². The van der Waals surface area contributed by atoms with E-state index >= 15 is 0 Å². The standard InChI is InChI=1S/C21H18F5N3O2/c22-17-6-4-14(5-7-17)10-29-11-18(9-27-29)28-19(30)16-3-1-2-15(8-16)12-31-13-21(25,26)20(23)24/h1-9,11,20H,10,12-13H2,(H,28,30). The van der Waals surface area contributed by atoms with E-state index in [1.54, 1.807) is 23.0 Å².